The Bertz CT molecular complexity index is 407. The van der Waals surface area contributed by atoms with E-state index in [2.05, 4.69) is 50.4 Å². The normalized spacial score (nSPS) is 10.4. The Morgan fingerprint density at radius 3 is 2.83 bits per heavy atom. The lowest BCUT2D eigenvalue weighted by Gasteiger charge is -2.15. The van der Waals surface area contributed by atoms with E-state index < -0.39 is 0 Å². The summed E-state index contributed by atoms with van der Waals surface area (Å²) in [4.78, 5) is 0. The van der Waals surface area contributed by atoms with Crippen LogP contribution in [0.2, 0.25) is 0 Å². The predicted molar refractivity (Wildman–Crippen MR) is 73.5 cm³/mol. The minimum absolute atomic E-state index is 0.456. The van der Waals surface area contributed by atoms with E-state index in [9.17, 15) is 0 Å². The molecule has 0 saturated carbocycles. The molecule has 0 unspecified atom stereocenters. The van der Waals surface area contributed by atoms with Gasteiger partial charge in [-0.1, -0.05) is 32.0 Å². The van der Waals surface area contributed by atoms with Crippen molar-refractivity contribution in [3.05, 3.63) is 29.3 Å². The summed E-state index contributed by atoms with van der Waals surface area (Å²) in [5.41, 5.74) is 2.33. The summed E-state index contributed by atoms with van der Waals surface area (Å²) in [6.45, 7) is 7.73. The van der Waals surface area contributed by atoms with Gasteiger partial charge in [-0.05, 0) is 18.9 Å². The first-order chi connectivity index (χ1) is 8.65. The fourth-order valence-corrected chi connectivity index (χ4v) is 1.70. The standard InChI is InChI=1S/C15H22N2O/c1-12(2)17-11-14-8-6-7-13(3)15(14)18-10-5-4-9-16/h6-8,12,17H,4-5,10-11H2,1-3H3. The van der Waals surface area contributed by atoms with Crippen molar-refractivity contribution in [2.45, 2.75) is 46.2 Å². The molecule has 1 aromatic rings. The topological polar surface area (TPSA) is 45.0 Å². The monoisotopic (exact) mass is 246 g/mol. The van der Waals surface area contributed by atoms with Crippen molar-refractivity contribution in [1.29, 1.82) is 5.26 Å². The number of nitrogens with zero attached hydrogens (tertiary/aromatic N) is 1. The number of nitriles is 1. The molecule has 0 bridgehead atoms. The zero-order chi connectivity index (χ0) is 13.4. The van der Waals surface area contributed by atoms with Gasteiger partial charge in [-0.2, -0.15) is 5.26 Å². The Hall–Kier alpha value is -1.53. The van der Waals surface area contributed by atoms with Gasteiger partial charge in [-0.25, -0.2) is 0 Å². The molecule has 0 spiro atoms. The quantitative estimate of drug-likeness (QED) is 0.752. The smallest absolute Gasteiger partial charge is 0.126 e. The molecular weight excluding hydrogens is 224 g/mol. The Morgan fingerprint density at radius 2 is 2.17 bits per heavy atom. The van der Waals surface area contributed by atoms with Crippen molar-refractivity contribution < 1.29 is 4.74 Å². The number of benzene rings is 1. The predicted octanol–water partition coefficient (Wildman–Crippen LogP) is 3.18. The highest BCUT2D eigenvalue weighted by Crippen LogP contribution is 2.23. The molecule has 3 heteroatoms. The van der Waals surface area contributed by atoms with E-state index in [0.29, 0.717) is 19.1 Å². The van der Waals surface area contributed by atoms with Crippen LogP contribution in [-0.4, -0.2) is 12.6 Å². The second-order valence-corrected chi connectivity index (χ2v) is 4.71. The zero-order valence-corrected chi connectivity index (χ0v) is 11.5. The van der Waals surface area contributed by atoms with Gasteiger partial charge in [-0.3, -0.25) is 0 Å². The van der Waals surface area contributed by atoms with E-state index >= 15 is 0 Å². The van der Waals surface area contributed by atoms with Gasteiger partial charge in [-0.15, -0.1) is 0 Å². The van der Waals surface area contributed by atoms with Crippen molar-refractivity contribution in [2.24, 2.45) is 0 Å². The molecule has 0 saturated heterocycles. The number of nitrogens with one attached hydrogen (secondary N) is 1. The Kier molecular flexibility index (Phi) is 6.24. The highest BCUT2D eigenvalue weighted by Gasteiger charge is 2.07. The first-order valence-electron chi connectivity index (χ1n) is 6.46. The maximum absolute atomic E-state index is 8.50. The largest absolute Gasteiger partial charge is 0.493 e. The first kappa shape index (κ1) is 14.5. The van der Waals surface area contributed by atoms with Gasteiger partial charge < -0.3 is 10.1 Å². The molecule has 0 aromatic heterocycles. The van der Waals surface area contributed by atoms with Crippen LogP contribution >= 0.6 is 0 Å². The van der Waals surface area contributed by atoms with Gasteiger partial charge in [0.25, 0.3) is 0 Å². The van der Waals surface area contributed by atoms with Crippen LogP contribution in [-0.2, 0) is 6.54 Å². The highest BCUT2D eigenvalue weighted by atomic mass is 16.5. The van der Waals surface area contributed by atoms with Crippen molar-refractivity contribution in [2.75, 3.05) is 6.61 Å². The molecule has 3 nitrogen and oxygen atoms in total. The van der Waals surface area contributed by atoms with E-state index in [-0.39, 0.29) is 0 Å². The molecule has 1 aromatic carbocycles. The molecule has 0 aliphatic carbocycles. The molecule has 0 aliphatic heterocycles. The number of aryl methyl sites for hydroxylation is 1. The summed E-state index contributed by atoms with van der Waals surface area (Å²) in [6, 6.07) is 8.78. The van der Waals surface area contributed by atoms with Crippen LogP contribution in [0.5, 0.6) is 5.75 Å². The molecular formula is C15H22N2O. The van der Waals surface area contributed by atoms with Crippen molar-refractivity contribution in [3.8, 4) is 11.8 Å². The van der Waals surface area contributed by atoms with Gasteiger partial charge in [0, 0.05) is 24.6 Å². The molecule has 18 heavy (non-hydrogen) atoms. The number of unbranched alkanes of at least 4 members (excludes halogenated alkanes) is 1. The molecule has 98 valence electrons. The van der Waals surface area contributed by atoms with Crippen LogP contribution in [0, 0.1) is 18.3 Å². The van der Waals surface area contributed by atoms with Gasteiger partial charge in [0.05, 0.1) is 12.7 Å². The molecule has 0 radical (unpaired) electrons. The van der Waals surface area contributed by atoms with Crippen LogP contribution < -0.4 is 10.1 Å². The SMILES string of the molecule is Cc1cccc(CNC(C)C)c1OCCCC#N. The third kappa shape index (κ3) is 4.77. The fraction of sp³-hybridized carbons (Fsp3) is 0.533. The summed E-state index contributed by atoms with van der Waals surface area (Å²) in [5.74, 6) is 0.962. The fourth-order valence-electron chi connectivity index (χ4n) is 1.70. The summed E-state index contributed by atoms with van der Waals surface area (Å²) in [7, 11) is 0. The lowest BCUT2D eigenvalue weighted by molar-refractivity contribution is 0.306. The van der Waals surface area contributed by atoms with E-state index in [1.165, 1.54) is 5.56 Å². The number of para-hydroxylation sites is 1. The van der Waals surface area contributed by atoms with E-state index in [1.54, 1.807) is 0 Å². The average molecular weight is 246 g/mol. The summed E-state index contributed by atoms with van der Waals surface area (Å²) >= 11 is 0. The van der Waals surface area contributed by atoms with Crippen molar-refractivity contribution in [3.63, 3.8) is 0 Å². The van der Waals surface area contributed by atoms with E-state index in [1.807, 2.05) is 0 Å². The molecule has 0 amide bonds. The van der Waals surface area contributed by atoms with Crippen molar-refractivity contribution in [1.82, 2.24) is 5.32 Å². The maximum atomic E-state index is 8.50. The lowest BCUT2D eigenvalue weighted by atomic mass is 10.1. The molecule has 0 fully saturated rings. The summed E-state index contributed by atoms with van der Waals surface area (Å²) in [6.07, 6.45) is 1.33. The first-order valence-corrected chi connectivity index (χ1v) is 6.46. The zero-order valence-electron chi connectivity index (χ0n) is 11.5. The lowest BCUT2D eigenvalue weighted by Crippen LogP contribution is -2.22. The third-order valence-corrected chi connectivity index (χ3v) is 2.67. The molecule has 1 N–H and O–H groups in total. The second-order valence-electron chi connectivity index (χ2n) is 4.71. The van der Waals surface area contributed by atoms with Gasteiger partial charge >= 0.3 is 0 Å². The summed E-state index contributed by atoms with van der Waals surface area (Å²) in [5, 5.41) is 11.9. The Labute approximate surface area is 110 Å². The Balaban J connectivity index is 2.65. The van der Waals surface area contributed by atoms with E-state index in [0.717, 1.165) is 24.3 Å². The third-order valence-electron chi connectivity index (χ3n) is 2.67. The number of hydrogen-bond donors (Lipinski definition) is 1. The molecule has 0 aliphatic rings. The minimum atomic E-state index is 0.456. The number of rotatable bonds is 7. The van der Waals surface area contributed by atoms with Crippen molar-refractivity contribution >= 4 is 0 Å². The number of hydrogen-bond acceptors (Lipinski definition) is 3. The van der Waals surface area contributed by atoms with Crippen LogP contribution in [0.1, 0.15) is 37.8 Å². The minimum Gasteiger partial charge on any atom is -0.493 e. The molecule has 1 rings (SSSR count). The van der Waals surface area contributed by atoms with Crippen LogP contribution in [0.15, 0.2) is 18.2 Å². The van der Waals surface area contributed by atoms with Gasteiger partial charge in [0.1, 0.15) is 5.75 Å². The van der Waals surface area contributed by atoms with Crippen LogP contribution in [0.25, 0.3) is 0 Å². The van der Waals surface area contributed by atoms with Crippen LogP contribution in [0.3, 0.4) is 0 Å². The van der Waals surface area contributed by atoms with Crippen LogP contribution in [0.4, 0.5) is 0 Å². The van der Waals surface area contributed by atoms with E-state index in [4.69, 9.17) is 10.00 Å². The molecule has 0 atom stereocenters. The Morgan fingerprint density at radius 1 is 1.39 bits per heavy atom. The summed E-state index contributed by atoms with van der Waals surface area (Å²) < 4.78 is 5.81. The number of ether oxygens (including phenoxy) is 1. The van der Waals surface area contributed by atoms with Gasteiger partial charge in [0.15, 0.2) is 0 Å². The van der Waals surface area contributed by atoms with Gasteiger partial charge in [0.2, 0.25) is 0 Å². The average Bonchev–Trinajstić information content (AvgIpc) is 2.34. The maximum Gasteiger partial charge on any atom is 0.126 e. The second kappa shape index (κ2) is 7.73. The highest BCUT2D eigenvalue weighted by molar-refractivity contribution is 5.40. The molecule has 0 heterocycles.